The first kappa shape index (κ1) is 22.1. The number of ether oxygens (including phenoxy) is 2. The lowest BCUT2D eigenvalue weighted by molar-refractivity contribution is 0.195. The minimum absolute atomic E-state index is 0.00505. The van der Waals surface area contributed by atoms with Gasteiger partial charge in [-0.25, -0.2) is 4.79 Å². The van der Waals surface area contributed by atoms with E-state index < -0.39 is 0 Å². The molecule has 1 aromatic heterocycles. The molecule has 2 aromatic carbocycles. The molecule has 4 rings (SSSR count). The van der Waals surface area contributed by atoms with E-state index in [-0.39, 0.29) is 11.9 Å². The maximum Gasteiger partial charge on any atom is 0.317 e. The molecule has 1 aliphatic rings. The van der Waals surface area contributed by atoms with E-state index in [9.17, 15) is 4.79 Å². The van der Waals surface area contributed by atoms with Crippen LogP contribution in [-0.2, 0) is 0 Å². The topological polar surface area (TPSA) is 66.6 Å². The molecule has 3 aromatic rings. The number of H-pyrrole nitrogens is 1. The fraction of sp³-hybridized carbons (Fsp3) is 0.423. The van der Waals surface area contributed by atoms with Crippen LogP contribution in [0.2, 0.25) is 0 Å². The number of carbonyl (C=O) groups excluding carboxylic acids is 1. The van der Waals surface area contributed by atoms with E-state index in [4.69, 9.17) is 9.47 Å². The molecule has 6 heteroatoms. The van der Waals surface area contributed by atoms with E-state index in [1.165, 1.54) is 12.8 Å². The van der Waals surface area contributed by atoms with Gasteiger partial charge in [0.25, 0.3) is 0 Å². The van der Waals surface area contributed by atoms with Gasteiger partial charge in [0, 0.05) is 48.2 Å². The van der Waals surface area contributed by atoms with Crippen molar-refractivity contribution in [2.45, 2.75) is 32.1 Å². The van der Waals surface area contributed by atoms with E-state index in [1.807, 2.05) is 41.4 Å². The van der Waals surface area contributed by atoms with Crippen LogP contribution in [0, 0.1) is 5.92 Å². The minimum atomic E-state index is -0.0930. The molecule has 1 aliphatic carbocycles. The number of hydrogen-bond donors (Lipinski definition) is 2. The molecule has 1 atom stereocenters. The normalized spacial score (nSPS) is 14.2. The van der Waals surface area contributed by atoms with Gasteiger partial charge in [-0.15, -0.1) is 0 Å². The molecular formula is C26H33N3O3. The smallest absolute Gasteiger partial charge is 0.317 e. The number of hydrogen-bond acceptors (Lipinski definition) is 3. The SMILES string of the molecule is CCCN(CC1CC1)C(=O)NCC(c1cccc(OC)c1OC)c1c[nH]c2ccccc12. The van der Waals surface area contributed by atoms with Gasteiger partial charge in [-0.05, 0) is 42.9 Å². The highest BCUT2D eigenvalue weighted by molar-refractivity contribution is 5.84. The lowest BCUT2D eigenvalue weighted by atomic mass is 9.90. The molecule has 1 heterocycles. The van der Waals surface area contributed by atoms with Crippen LogP contribution in [0.3, 0.4) is 0 Å². The number of nitrogens with one attached hydrogen (secondary N) is 2. The average molecular weight is 436 g/mol. The molecule has 6 nitrogen and oxygen atoms in total. The Hall–Kier alpha value is -3.15. The number of rotatable bonds is 10. The third kappa shape index (κ3) is 4.69. The zero-order valence-electron chi connectivity index (χ0n) is 19.2. The first-order valence-electron chi connectivity index (χ1n) is 11.5. The van der Waals surface area contributed by atoms with Crippen molar-refractivity contribution >= 4 is 16.9 Å². The number of urea groups is 1. The quantitative estimate of drug-likeness (QED) is 0.463. The summed E-state index contributed by atoms with van der Waals surface area (Å²) in [6, 6.07) is 14.2. The summed E-state index contributed by atoms with van der Waals surface area (Å²) in [5.41, 5.74) is 3.18. The summed E-state index contributed by atoms with van der Waals surface area (Å²) >= 11 is 0. The van der Waals surface area contributed by atoms with Crippen LogP contribution >= 0.6 is 0 Å². The van der Waals surface area contributed by atoms with E-state index in [0.717, 1.165) is 41.5 Å². The van der Waals surface area contributed by atoms with E-state index in [1.54, 1.807) is 14.2 Å². The number of methoxy groups -OCH3 is 2. The molecule has 170 valence electrons. The van der Waals surface area contributed by atoms with E-state index >= 15 is 0 Å². The zero-order chi connectivity index (χ0) is 22.5. The van der Waals surface area contributed by atoms with Crippen molar-refractivity contribution in [2.75, 3.05) is 33.9 Å². The fourth-order valence-electron chi connectivity index (χ4n) is 4.42. The van der Waals surface area contributed by atoms with Gasteiger partial charge in [0.1, 0.15) is 0 Å². The Morgan fingerprint density at radius 1 is 1.12 bits per heavy atom. The van der Waals surface area contributed by atoms with Gasteiger partial charge in [-0.1, -0.05) is 37.3 Å². The Bertz CT molecular complexity index is 1060. The second-order valence-corrected chi connectivity index (χ2v) is 8.50. The molecular weight excluding hydrogens is 402 g/mol. The number of para-hydroxylation sites is 2. The van der Waals surface area contributed by atoms with Crippen molar-refractivity contribution in [1.29, 1.82) is 0 Å². The molecule has 1 unspecified atom stereocenters. The Balaban J connectivity index is 1.66. The van der Waals surface area contributed by atoms with E-state index in [2.05, 4.69) is 29.4 Å². The molecule has 0 spiro atoms. The monoisotopic (exact) mass is 435 g/mol. The van der Waals surface area contributed by atoms with Crippen LogP contribution in [0.25, 0.3) is 10.9 Å². The summed E-state index contributed by atoms with van der Waals surface area (Å²) in [5.74, 6) is 1.95. The van der Waals surface area contributed by atoms with Crippen LogP contribution in [0.1, 0.15) is 43.2 Å². The second kappa shape index (κ2) is 9.98. The van der Waals surface area contributed by atoms with Crippen LogP contribution in [0.5, 0.6) is 11.5 Å². The number of aromatic nitrogens is 1. The summed E-state index contributed by atoms with van der Waals surface area (Å²) in [6.45, 7) is 4.21. The van der Waals surface area contributed by atoms with Gasteiger partial charge in [0.2, 0.25) is 0 Å². The van der Waals surface area contributed by atoms with Crippen molar-refractivity contribution in [1.82, 2.24) is 15.2 Å². The van der Waals surface area contributed by atoms with E-state index in [0.29, 0.717) is 24.0 Å². The summed E-state index contributed by atoms with van der Waals surface area (Å²) in [6.07, 6.45) is 5.45. The third-order valence-electron chi connectivity index (χ3n) is 6.22. The summed E-state index contributed by atoms with van der Waals surface area (Å²) < 4.78 is 11.3. The van der Waals surface area contributed by atoms with Crippen molar-refractivity contribution in [3.05, 3.63) is 59.8 Å². The number of benzene rings is 2. The molecule has 1 saturated carbocycles. The molecule has 0 saturated heterocycles. The van der Waals surface area contributed by atoms with Gasteiger partial charge in [0.15, 0.2) is 11.5 Å². The van der Waals surface area contributed by atoms with Crippen LogP contribution < -0.4 is 14.8 Å². The number of amides is 2. The second-order valence-electron chi connectivity index (χ2n) is 8.50. The fourth-order valence-corrected chi connectivity index (χ4v) is 4.42. The highest BCUT2D eigenvalue weighted by Gasteiger charge is 2.28. The van der Waals surface area contributed by atoms with Crippen molar-refractivity contribution in [2.24, 2.45) is 5.92 Å². The average Bonchev–Trinajstić information content (AvgIpc) is 3.55. The van der Waals surface area contributed by atoms with Gasteiger partial charge in [0.05, 0.1) is 14.2 Å². The molecule has 0 radical (unpaired) electrons. The van der Waals surface area contributed by atoms with Crippen LogP contribution in [0.15, 0.2) is 48.7 Å². The molecule has 2 N–H and O–H groups in total. The van der Waals surface area contributed by atoms with Crippen LogP contribution in [0.4, 0.5) is 4.79 Å². The number of fused-ring (bicyclic) bond motifs is 1. The number of nitrogens with zero attached hydrogens (tertiary/aromatic N) is 1. The maximum atomic E-state index is 13.1. The standard InChI is InChI=1S/C26H33N3O3/c1-4-14-29(17-18-12-13-18)26(30)28-16-22(20-9-7-11-24(31-2)25(20)32-3)21-15-27-23-10-6-5-8-19(21)23/h5-11,15,18,22,27H,4,12-14,16-17H2,1-3H3,(H,28,30). The molecule has 2 amide bonds. The zero-order valence-corrected chi connectivity index (χ0v) is 19.2. The van der Waals surface area contributed by atoms with Gasteiger partial charge in [-0.2, -0.15) is 0 Å². The minimum Gasteiger partial charge on any atom is -0.493 e. The summed E-state index contributed by atoms with van der Waals surface area (Å²) in [7, 11) is 3.30. The third-order valence-corrected chi connectivity index (χ3v) is 6.22. The van der Waals surface area contributed by atoms with Crippen molar-refractivity contribution in [3.8, 4) is 11.5 Å². The first-order chi connectivity index (χ1) is 15.7. The van der Waals surface area contributed by atoms with Crippen LogP contribution in [-0.4, -0.2) is 49.8 Å². The molecule has 0 bridgehead atoms. The van der Waals surface area contributed by atoms with Gasteiger partial charge >= 0.3 is 6.03 Å². The Morgan fingerprint density at radius 3 is 2.66 bits per heavy atom. The largest absolute Gasteiger partial charge is 0.493 e. The molecule has 0 aliphatic heterocycles. The highest BCUT2D eigenvalue weighted by Crippen LogP contribution is 2.40. The lowest BCUT2D eigenvalue weighted by Crippen LogP contribution is -2.43. The predicted molar refractivity (Wildman–Crippen MR) is 128 cm³/mol. The van der Waals surface area contributed by atoms with Gasteiger partial charge in [-0.3, -0.25) is 0 Å². The molecule has 32 heavy (non-hydrogen) atoms. The summed E-state index contributed by atoms with van der Waals surface area (Å²) in [4.78, 5) is 18.4. The predicted octanol–water partition coefficient (Wildman–Crippen LogP) is 5.15. The maximum absolute atomic E-state index is 13.1. The summed E-state index contributed by atoms with van der Waals surface area (Å²) in [5, 5.41) is 4.36. The molecule has 1 fully saturated rings. The van der Waals surface area contributed by atoms with Crippen molar-refractivity contribution < 1.29 is 14.3 Å². The van der Waals surface area contributed by atoms with Crippen molar-refractivity contribution in [3.63, 3.8) is 0 Å². The number of aromatic amines is 1. The lowest BCUT2D eigenvalue weighted by Gasteiger charge is -2.26. The highest BCUT2D eigenvalue weighted by atomic mass is 16.5. The Kier molecular flexibility index (Phi) is 6.88. The van der Waals surface area contributed by atoms with Gasteiger partial charge < -0.3 is 24.7 Å². The Labute approximate surface area is 189 Å². The first-order valence-corrected chi connectivity index (χ1v) is 11.5. The Morgan fingerprint density at radius 2 is 1.94 bits per heavy atom. The number of carbonyl (C=O) groups is 1.